The zero-order chi connectivity index (χ0) is 15.7. The highest BCUT2D eigenvalue weighted by molar-refractivity contribution is 5.96. The molecule has 5 heteroatoms. The first-order chi connectivity index (χ1) is 10.1. The zero-order valence-electron chi connectivity index (χ0n) is 13.2. The molecule has 0 fully saturated rings. The summed E-state index contributed by atoms with van der Waals surface area (Å²) in [4.78, 5) is 14.4. The molecule has 1 rings (SSSR count). The average Bonchev–Trinajstić information content (AvgIpc) is 2.48. The number of carbonyl (C=O) groups is 1. The Balaban J connectivity index is 2.79. The van der Waals surface area contributed by atoms with E-state index in [0.29, 0.717) is 50.8 Å². The van der Waals surface area contributed by atoms with Gasteiger partial charge in [0.1, 0.15) is 0 Å². The number of anilines is 1. The smallest absolute Gasteiger partial charge is 0.254 e. The molecule has 0 bridgehead atoms. The maximum Gasteiger partial charge on any atom is 0.254 e. The van der Waals surface area contributed by atoms with Crippen LogP contribution in [0.25, 0.3) is 0 Å². The van der Waals surface area contributed by atoms with Gasteiger partial charge in [0.05, 0.1) is 13.2 Å². The van der Waals surface area contributed by atoms with Crippen LogP contribution in [0.2, 0.25) is 0 Å². The summed E-state index contributed by atoms with van der Waals surface area (Å²) in [7, 11) is 0. The number of hydrogen-bond acceptors (Lipinski definition) is 4. The van der Waals surface area contributed by atoms with E-state index in [0.717, 1.165) is 5.56 Å². The van der Waals surface area contributed by atoms with Gasteiger partial charge in [0.2, 0.25) is 0 Å². The molecule has 1 amide bonds. The summed E-state index contributed by atoms with van der Waals surface area (Å²) in [5, 5.41) is 0. The Hall–Kier alpha value is -1.59. The fourth-order valence-corrected chi connectivity index (χ4v) is 2.01. The van der Waals surface area contributed by atoms with Crippen LogP contribution < -0.4 is 5.73 Å². The van der Waals surface area contributed by atoms with Gasteiger partial charge in [0.15, 0.2) is 0 Å². The molecule has 21 heavy (non-hydrogen) atoms. The first kappa shape index (κ1) is 17.5. The lowest BCUT2D eigenvalue weighted by atomic mass is 10.1. The lowest BCUT2D eigenvalue weighted by molar-refractivity contribution is 0.0549. The molecule has 0 aliphatic rings. The minimum absolute atomic E-state index is 0.0285. The minimum Gasteiger partial charge on any atom is -0.398 e. The third-order valence-corrected chi connectivity index (χ3v) is 3.31. The number of hydrogen-bond donors (Lipinski definition) is 1. The van der Waals surface area contributed by atoms with Crippen molar-refractivity contribution >= 4 is 11.6 Å². The zero-order valence-corrected chi connectivity index (χ0v) is 13.2. The van der Waals surface area contributed by atoms with Crippen molar-refractivity contribution in [2.24, 2.45) is 0 Å². The molecule has 0 spiro atoms. The molecule has 0 aromatic heterocycles. The van der Waals surface area contributed by atoms with Crippen molar-refractivity contribution < 1.29 is 14.3 Å². The van der Waals surface area contributed by atoms with Gasteiger partial charge in [-0.25, -0.2) is 0 Å². The summed E-state index contributed by atoms with van der Waals surface area (Å²) in [5.41, 5.74) is 7.98. The van der Waals surface area contributed by atoms with Crippen LogP contribution in [-0.2, 0) is 9.47 Å². The molecule has 2 N–H and O–H groups in total. The molecule has 0 heterocycles. The van der Waals surface area contributed by atoms with E-state index >= 15 is 0 Å². The highest BCUT2D eigenvalue weighted by Crippen LogP contribution is 2.17. The average molecular weight is 294 g/mol. The standard InChI is InChI=1S/C16H26N2O3/c1-4-20-11-9-18(10-12-21-5-2)16(19)14-7-6-8-15(17)13(14)3/h6-8H,4-5,9-12,17H2,1-3H3. The lowest BCUT2D eigenvalue weighted by Gasteiger charge is -2.23. The second-order valence-corrected chi connectivity index (χ2v) is 4.71. The van der Waals surface area contributed by atoms with Crippen LogP contribution in [0.4, 0.5) is 5.69 Å². The van der Waals surface area contributed by atoms with Crippen LogP contribution in [0.1, 0.15) is 29.8 Å². The molecule has 1 aromatic carbocycles. The molecule has 1 aromatic rings. The van der Waals surface area contributed by atoms with E-state index in [1.807, 2.05) is 26.8 Å². The molecule has 5 nitrogen and oxygen atoms in total. The fourth-order valence-electron chi connectivity index (χ4n) is 2.01. The Morgan fingerprint density at radius 3 is 2.24 bits per heavy atom. The van der Waals surface area contributed by atoms with Crippen molar-refractivity contribution in [3.8, 4) is 0 Å². The summed E-state index contributed by atoms with van der Waals surface area (Å²) in [6.07, 6.45) is 0. The molecular weight excluding hydrogens is 268 g/mol. The van der Waals surface area contributed by atoms with Gasteiger partial charge in [-0.2, -0.15) is 0 Å². The van der Waals surface area contributed by atoms with Crippen molar-refractivity contribution in [2.75, 3.05) is 45.3 Å². The monoisotopic (exact) mass is 294 g/mol. The number of benzene rings is 1. The quantitative estimate of drug-likeness (QED) is 0.559. The van der Waals surface area contributed by atoms with E-state index in [2.05, 4.69) is 0 Å². The number of nitrogens with zero attached hydrogens (tertiary/aromatic N) is 1. The highest BCUT2D eigenvalue weighted by Gasteiger charge is 2.18. The van der Waals surface area contributed by atoms with Gasteiger partial charge in [-0.05, 0) is 38.5 Å². The summed E-state index contributed by atoms with van der Waals surface area (Å²) in [5.74, 6) is -0.0285. The van der Waals surface area contributed by atoms with Gasteiger partial charge < -0.3 is 20.1 Å². The Morgan fingerprint density at radius 1 is 1.14 bits per heavy atom. The first-order valence-corrected chi connectivity index (χ1v) is 7.41. The topological polar surface area (TPSA) is 64.8 Å². The highest BCUT2D eigenvalue weighted by atomic mass is 16.5. The molecule has 0 aliphatic heterocycles. The number of ether oxygens (including phenoxy) is 2. The summed E-state index contributed by atoms with van der Waals surface area (Å²) in [6, 6.07) is 5.41. The van der Waals surface area contributed by atoms with Crippen LogP contribution in [0.15, 0.2) is 18.2 Å². The van der Waals surface area contributed by atoms with E-state index in [9.17, 15) is 4.79 Å². The Morgan fingerprint density at radius 2 is 1.71 bits per heavy atom. The predicted octanol–water partition coefficient (Wildman–Crippen LogP) is 2.09. The van der Waals surface area contributed by atoms with Crippen molar-refractivity contribution in [2.45, 2.75) is 20.8 Å². The molecule has 0 atom stereocenters. The van der Waals surface area contributed by atoms with Gasteiger partial charge in [0.25, 0.3) is 5.91 Å². The van der Waals surface area contributed by atoms with Crippen molar-refractivity contribution in [1.82, 2.24) is 4.90 Å². The summed E-state index contributed by atoms with van der Waals surface area (Å²) in [6.45, 7) is 9.18. The van der Waals surface area contributed by atoms with Gasteiger partial charge in [-0.1, -0.05) is 6.07 Å². The fraction of sp³-hybridized carbons (Fsp3) is 0.562. The second kappa shape index (κ2) is 9.37. The minimum atomic E-state index is -0.0285. The van der Waals surface area contributed by atoms with Crippen molar-refractivity contribution in [1.29, 1.82) is 0 Å². The molecule has 0 unspecified atom stereocenters. The van der Waals surface area contributed by atoms with Crippen LogP contribution in [0.5, 0.6) is 0 Å². The molecule has 118 valence electrons. The van der Waals surface area contributed by atoms with Gasteiger partial charge in [-0.3, -0.25) is 4.79 Å². The Labute approximate surface area is 127 Å². The van der Waals surface area contributed by atoms with Crippen LogP contribution in [-0.4, -0.2) is 50.3 Å². The molecule has 0 radical (unpaired) electrons. The maximum atomic E-state index is 12.7. The van der Waals surface area contributed by atoms with Crippen molar-refractivity contribution in [3.05, 3.63) is 29.3 Å². The predicted molar refractivity (Wildman–Crippen MR) is 84.5 cm³/mol. The van der Waals surface area contributed by atoms with E-state index < -0.39 is 0 Å². The molecule has 0 aliphatic carbocycles. The van der Waals surface area contributed by atoms with E-state index in [1.54, 1.807) is 17.0 Å². The van der Waals surface area contributed by atoms with E-state index in [1.165, 1.54) is 0 Å². The maximum absolute atomic E-state index is 12.7. The SMILES string of the molecule is CCOCCN(CCOCC)C(=O)c1cccc(N)c1C. The van der Waals surface area contributed by atoms with E-state index in [-0.39, 0.29) is 5.91 Å². The number of amides is 1. The normalized spacial score (nSPS) is 10.6. The lowest BCUT2D eigenvalue weighted by Crippen LogP contribution is -2.37. The third kappa shape index (κ3) is 5.36. The Kier molecular flexibility index (Phi) is 7.79. The first-order valence-electron chi connectivity index (χ1n) is 7.41. The number of nitrogen functional groups attached to an aromatic ring is 1. The molecule has 0 saturated heterocycles. The molecular formula is C16H26N2O3. The second-order valence-electron chi connectivity index (χ2n) is 4.71. The Bertz CT molecular complexity index is 439. The number of nitrogens with two attached hydrogens (primary N) is 1. The number of rotatable bonds is 9. The van der Waals surface area contributed by atoms with Crippen LogP contribution in [0.3, 0.4) is 0 Å². The van der Waals surface area contributed by atoms with Gasteiger partial charge in [0, 0.05) is 37.6 Å². The largest absolute Gasteiger partial charge is 0.398 e. The molecule has 0 saturated carbocycles. The van der Waals surface area contributed by atoms with Crippen LogP contribution in [0, 0.1) is 6.92 Å². The van der Waals surface area contributed by atoms with Crippen molar-refractivity contribution in [3.63, 3.8) is 0 Å². The third-order valence-electron chi connectivity index (χ3n) is 3.31. The van der Waals surface area contributed by atoms with Gasteiger partial charge in [-0.15, -0.1) is 0 Å². The van der Waals surface area contributed by atoms with Crippen LogP contribution >= 0.6 is 0 Å². The van der Waals surface area contributed by atoms with E-state index in [4.69, 9.17) is 15.2 Å². The summed E-state index contributed by atoms with van der Waals surface area (Å²) < 4.78 is 10.7. The number of carbonyl (C=O) groups excluding carboxylic acids is 1. The summed E-state index contributed by atoms with van der Waals surface area (Å²) >= 11 is 0. The van der Waals surface area contributed by atoms with Gasteiger partial charge >= 0.3 is 0 Å².